The molecule has 0 atom stereocenters. The molecule has 5 nitrogen and oxygen atoms in total. The summed E-state index contributed by atoms with van der Waals surface area (Å²) >= 11 is 3.38. The van der Waals surface area contributed by atoms with E-state index in [-0.39, 0.29) is 5.56 Å². The number of hydrogen-bond acceptors (Lipinski definition) is 4. The van der Waals surface area contributed by atoms with Crippen molar-refractivity contribution in [3.05, 3.63) is 58.8 Å². The maximum Gasteiger partial charge on any atom is 0.335 e. The Labute approximate surface area is 128 Å². The van der Waals surface area contributed by atoms with E-state index < -0.39 is 5.97 Å². The number of fused-ring (bicyclic) bond motifs is 1. The molecule has 1 heterocycles. The number of hydrogen-bond donors (Lipinski definition) is 2. The quantitative estimate of drug-likeness (QED) is 0.755. The monoisotopic (exact) mass is 343 g/mol. The fourth-order valence-electron chi connectivity index (χ4n) is 1.96. The molecule has 21 heavy (non-hydrogen) atoms. The van der Waals surface area contributed by atoms with Crippen LogP contribution < -0.4 is 5.32 Å². The van der Waals surface area contributed by atoms with Gasteiger partial charge in [0.1, 0.15) is 12.1 Å². The van der Waals surface area contributed by atoms with Gasteiger partial charge in [-0.15, -0.1) is 0 Å². The molecule has 0 spiro atoms. The Morgan fingerprint density at radius 2 is 1.86 bits per heavy atom. The number of carbonyl (C=O) groups is 1. The minimum atomic E-state index is -0.974. The Hall–Kier alpha value is -2.47. The molecule has 0 unspecified atom stereocenters. The average molecular weight is 344 g/mol. The van der Waals surface area contributed by atoms with Gasteiger partial charge in [-0.05, 0) is 42.5 Å². The fourth-order valence-corrected chi connectivity index (χ4v) is 2.22. The van der Waals surface area contributed by atoms with E-state index in [1.54, 1.807) is 12.1 Å². The van der Waals surface area contributed by atoms with Crippen LogP contribution in [0, 0.1) is 0 Å². The molecule has 1 aromatic heterocycles. The highest BCUT2D eigenvalue weighted by Gasteiger charge is 2.08. The molecule has 6 heteroatoms. The lowest BCUT2D eigenvalue weighted by Crippen LogP contribution is -1.99. The zero-order chi connectivity index (χ0) is 14.8. The third kappa shape index (κ3) is 2.85. The standard InChI is InChI=1S/C15H10BrN3O2/c16-10-2-4-11(5-3-10)19-14-12-6-1-9(15(20)21)7-13(12)17-8-18-14/h1-8H,(H,20,21)(H,17,18,19). The number of nitrogens with one attached hydrogen (secondary N) is 1. The van der Waals surface area contributed by atoms with Gasteiger partial charge in [0.05, 0.1) is 11.1 Å². The summed E-state index contributed by atoms with van der Waals surface area (Å²) in [5, 5.41) is 13.0. The number of nitrogens with zero attached hydrogens (tertiary/aromatic N) is 2. The molecule has 0 saturated carbocycles. The number of benzene rings is 2. The van der Waals surface area contributed by atoms with Crippen molar-refractivity contribution in [2.75, 3.05) is 5.32 Å². The van der Waals surface area contributed by atoms with Crippen LogP contribution in [-0.2, 0) is 0 Å². The van der Waals surface area contributed by atoms with E-state index >= 15 is 0 Å². The molecule has 0 fully saturated rings. The minimum Gasteiger partial charge on any atom is -0.478 e. The van der Waals surface area contributed by atoms with Crippen molar-refractivity contribution in [2.24, 2.45) is 0 Å². The van der Waals surface area contributed by atoms with Gasteiger partial charge in [-0.25, -0.2) is 14.8 Å². The number of aromatic nitrogens is 2. The van der Waals surface area contributed by atoms with Gasteiger partial charge in [-0.1, -0.05) is 15.9 Å². The van der Waals surface area contributed by atoms with Crippen molar-refractivity contribution in [1.82, 2.24) is 9.97 Å². The maximum atomic E-state index is 11.0. The van der Waals surface area contributed by atoms with Gasteiger partial charge < -0.3 is 10.4 Å². The van der Waals surface area contributed by atoms with Crippen LogP contribution in [0.25, 0.3) is 10.9 Å². The predicted octanol–water partition coefficient (Wildman–Crippen LogP) is 3.83. The number of aromatic carboxylic acids is 1. The van der Waals surface area contributed by atoms with Crippen LogP contribution in [0.15, 0.2) is 53.3 Å². The molecule has 104 valence electrons. The second-order valence-electron chi connectivity index (χ2n) is 4.39. The third-order valence-corrected chi connectivity index (χ3v) is 3.52. The summed E-state index contributed by atoms with van der Waals surface area (Å²) in [5.41, 5.74) is 1.68. The normalized spacial score (nSPS) is 10.5. The minimum absolute atomic E-state index is 0.204. The van der Waals surface area contributed by atoms with E-state index in [4.69, 9.17) is 5.11 Å². The summed E-state index contributed by atoms with van der Waals surface area (Å²) < 4.78 is 0.992. The molecule has 0 aliphatic heterocycles. The molecular formula is C15H10BrN3O2. The number of carboxylic acid groups (broad SMARTS) is 1. The number of rotatable bonds is 3. The highest BCUT2D eigenvalue weighted by molar-refractivity contribution is 9.10. The Morgan fingerprint density at radius 1 is 1.10 bits per heavy atom. The molecule has 0 saturated heterocycles. The Morgan fingerprint density at radius 3 is 2.57 bits per heavy atom. The summed E-state index contributed by atoms with van der Waals surface area (Å²) in [5.74, 6) is -0.336. The number of carboxylic acids is 1. The molecule has 0 amide bonds. The van der Waals surface area contributed by atoms with E-state index in [1.165, 1.54) is 12.4 Å². The van der Waals surface area contributed by atoms with Gasteiger partial charge >= 0.3 is 5.97 Å². The Kier molecular flexibility index (Phi) is 3.53. The van der Waals surface area contributed by atoms with Crippen molar-refractivity contribution < 1.29 is 9.90 Å². The highest BCUT2D eigenvalue weighted by atomic mass is 79.9. The molecule has 2 N–H and O–H groups in total. The Balaban J connectivity index is 2.02. The second kappa shape index (κ2) is 5.49. The van der Waals surface area contributed by atoms with Crippen molar-refractivity contribution in [3.63, 3.8) is 0 Å². The average Bonchev–Trinajstić information content (AvgIpc) is 2.49. The highest BCUT2D eigenvalue weighted by Crippen LogP contribution is 2.24. The first-order valence-corrected chi connectivity index (χ1v) is 6.93. The molecule has 0 bridgehead atoms. The Bertz CT molecular complexity index is 819. The van der Waals surface area contributed by atoms with Crippen LogP contribution in [0.3, 0.4) is 0 Å². The van der Waals surface area contributed by atoms with Crippen molar-refractivity contribution in [1.29, 1.82) is 0 Å². The van der Waals surface area contributed by atoms with Crippen molar-refractivity contribution in [2.45, 2.75) is 0 Å². The van der Waals surface area contributed by atoms with E-state index in [0.717, 1.165) is 15.5 Å². The SMILES string of the molecule is O=C(O)c1ccc2c(Nc3ccc(Br)cc3)ncnc2c1. The zero-order valence-corrected chi connectivity index (χ0v) is 12.3. The lowest BCUT2D eigenvalue weighted by atomic mass is 10.1. The summed E-state index contributed by atoms with van der Waals surface area (Å²) in [6.45, 7) is 0. The van der Waals surface area contributed by atoms with Gasteiger partial charge in [-0.3, -0.25) is 0 Å². The summed E-state index contributed by atoms with van der Waals surface area (Å²) in [4.78, 5) is 19.3. The first kappa shape index (κ1) is 13.5. The smallest absolute Gasteiger partial charge is 0.335 e. The molecule has 3 rings (SSSR count). The van der Waals surface area contributed by atoms with Gasteiger partial charge in [0, 0.05) is 15.5 Å². The summed E-state index contributed by atoms with van der Waals surface area (Å²) in [6.07, 6.45) is 1.41. The lowest BCUT2D eigenvalue weighted by molar-refractivity contribution is 0.0697. The van der Waals surface area contributed by atoms with Gasteiger partial charge in [0.2, 0.25) is 0 Å². The van der Waals surface area contributed by atoms with E-state index in [1.807, 2.05) is 24.3 Å². The maximum absolute atomic E-state index is 11.0. The van der Waals surface area contributed by atoms with Gasteiger partial charge in [0.15, 0.2) is 0 Å². The van der Waals surface area contributed by atoms with Crippen LogP contribution in [-0.4, -0.2) is 21.0 Å². The molecule has 3 aromatic rings. The summed E-state index contributed by atoms with van der Waals surface area (Å²) in [6, 6.07) is 12.5. The van der Waals surface area contributed by atoms with E-state index in [0.29, 0.717) is 11.3 Å². The van der Waals surface area contributed by atoms with Crippen LogP contribution >= 0.6 is 15.9 Å². The second-order valence-corrected chi connectivity index (χ2v) is 5.31. The third-order valence-electron chi connectivity index (χ3n) is 2.99. The van der Waals surface area contributed by atoms with Gasteiger partial charge in [0.25, 0.3) is 0 Å². The van der Waals surface area contributed by atoms with Crippen molar-refractivity contribution >= 4 is 44.3 Å². The van der Waals surface area contributed by atoms with E-state index in [9.17, 15) is 4.79 Å². The molecule has 0 aliphatic carbocycles. The lowest BCUT2D eigenvalue weighted by Gasteiger charge is -2.08. The first-order valence-electron chi connectivity index (χ1n) is 6.14. The summed E-state index contributed by atoms with van der Waals surface area (Å²) in [7, 11) is 0. The van der Waals surface area contributed by atoms with Crippen LogP contribution in [0.5, 0.6) is 0 Å². The van der Waals surface area contributed by atoms with Crippen LogP contribution in [0.1, 0.15) is 10.4 Å². The molecule has 0 aliphatic rings. The zero-order valence-electron chi connectivity index (χ0n) is 10.7. The fraction of sp³-hybridized carbons (Fsp3) is 0. The molecule has 0 radical (unpaired) electrons. The number of anilines is 2. The predicted molar refractivity (Wildman–Crippen MR) is 83.9 cm³/mol. The molecular weight excluding hydrogens is 334 g/mol. The van der Waals surface area contributed by atoms with E-state index in [2.05, 4.69) is 31.2 Å². The largest absolute Gasteiger partial charge is 0.478 e. The first-order chi connectivity index (χ1) is 10.1. The van der Waals surface area contributed by atoms with Crippen LogP contribution in [0.2, 0.25) is 0 Å². The topological polar surface area (TPSA) is 75.1 Å². The molecule has 2 aromatic carbocycles. The number of halogens is 1. The van der Waals surface area contributed by atoms with Crippen molar-refractivity contribution in [3.8, 4) is 0 Å². The van der Waals surface area contributed by atoms with Gasteiger partial charge in [-0.2, -0.15) is 0 Å². The van der Waals surface area contributed by atoms with Crippen LogP contribution in [0.4, 0.5) is 11.5 Å².